The Morgan fingerprint density at radius 2 is 1.90 bits per heavy atom. The standard InChI is InChI=1S/C9H13N/c1-2-3-7-10-8-5-4-6-9-10/h2H,1,4-6,8-9H2. The van der Waals surface area contributed by atoms with Crippen molar-refractivity contribution in [2.24, 2.45) is 0 Å². The van der Waals surface area contributed by atoms with Gasteiger partial charge < -0.3 is 4.90 Å². The average molecular weight is 135 g/mol. The van der Waals surface area contributed by atoms with Crippen LogP contribution in [0.3, 0.4) is 0 Å². The minimum atomic E-state index is 1.14. The Morgan fingerprint density at radius 3 is 2.50 bits per heavy atom. The van der Waals surface area contributed by atoms with Crippen molar-refractivity contribution in [3.05, 3.63) is 12.7 Å². The van der Waals surface area contributed by atoms with Crippen molar-refractivity contribution >= 4 is 0 Å². The first-order chi connectivity index (χ1) is 4.93. The lowest BCUT2D eigenvalue weighted by Gasteiger charge is -2.21. The van der Waals surface area contributed by atoms with Crippen molar-refractivity contribution < 1.29 is 0 Å². The highest BCUT2D eigenvalue weighted by Crippen LogP contribution is 2.06. The van der Waals surface area contributed by atoms with Crippen LogP contribution in [-0.4, -0.2) is 18.0 Å². The summed E-state index contributed by atoms with van der Waals surface area (Å²) in [5.41, 5.74) is 0. The summed E-state index contributed by atoms with van der Waals surface area (Å²) in [5, 5.41) is 0. The second-order valence-electron chi connectivity index (χ2n) is 2.51. The fraction of sp³-hybridized carbons (Fsp3) is 0.556. The van der Waals surface area contributed by atoms with Crippen molar-refractivity contribution in [1.29, 1.82) is 0 Å². The number of hydrogen-bond donors (Lipinski definition) is 0. The van der Waals surface area contributed by atoms with Gasteiger partial charge in [0, 0.05) is 19.1 Å². The molecule has 0 aromatic carbocycles. The number of nitrogens with zero attached hydrogens (tertiary/aromatic N) is 1. The number of likely N-dealkylation sites (tertiary alicyclic amines) is 1. The van der Waals surface area contributed by atoms with Gasteiger partial charge in [0.1, 0.15) is 0 Å². The zero-order chi connectivity index (χ0) is 7.23. The molecule has 54 valence electrons. The molecule has 0 radical (unpaired) electrons. The predicted octanol–water partition coefficient (Wildman–Crippen LogP) is 1.62. The maximum absolute atomic E-state index is 3.54. The number of allylic oxidation sites excluding steroid dienone is 1. The molecule has 1 rings (SSSR count). The van der Waals surface area contributed by atoms with Gasteiger partial charge in [-0.05, 0) is 25.3 Å². The Bertz CT molecular complexity index is 155. The highest BCUT2D eigenvalue weighted by molar-refractivity contribution is 5.11. The Hall–Kier alpha value is -0.900. The van der Waals surface area contributed by atoms with Crippen molar-refractivity contribution in [2.75, 3.05) is 13.1 Å². The van der Waals surface area contributed by atoms with E-state index in [9.17, 15) is 0 Å². The summed E-state index contributed by atoms with van der Waals surface area (Å²) in [4.78, 5) is 2.17. The van der Waals surface area contributed by atoms with Gasteiger partial charge in [-0.15, -0.1) is 0 Å². The minimum Gasteiger partial charge on any atom is -0.332 e. The molecule has 1 heterocycles. The van der Waals surface area contributed by atoms with E-state index in [-0.39, 0.29) is 0 Å². The number of hydrogen-bond acceptors (Lipinski definition) is 1. The fourth-order valence-corrected chi connectivity index (χ4v) is 1.14. The molecule has 0 bridgehead atoms. The van der Waals surface area contributed by atoms with E-state index >= 15 is 0 Å². The molecule has 0 aromatic rings. The molecule has 0 amide bonds. The van der Waals surface area contributed by atoms with Gasteiger partial charge in [-0.25, -0.2) is 0 Å². The molecule has 1 aliphatic heterocycles. The molecule has 10 heavy (non-hydrogen) atoms. The number of piperidine rings is 1. The first-order valence-electron chi connectivity index (χ1n) is 3.80. The Morgan fingerprint density at radius 1 is 1.20 bits per heavy atom. The summed E-state index contributed by atoms with van der Waals surface area (Å²) >= 11 is 0. The van der Waals surface area contributed by atoms with Gasteiger partial charge in [0.2, 0.25) is 0 Å². The van der Waals surface area contributed by atoms with Gasteiger partial charge in [0.05, 0.1) is 0 Å². The van der Waals surface area contributed by atoms with Gasteiger partial charge in [0.25, 0.3) is 0 Å². The molecule has 0 spiro atoms. The van der Waals surface area contributed by atoms with E-state index in [1.807, 2.05) is 0 Å². The van der Waals surface area contributed by atoms with Crippen LogP contribution in [0.2, 0.25) is 0 Å². The molecule has 0 saturated carbocycles. The fourth-order valence-electron chi connectivity index (χ4n) is 1.14. The quantitative estimate of drug-likeness (QED) is 0.456. The molecule has 1 aliphatic rings. The van der Waals surface area contributed by atoms with Crippen molar-refractivity contribution in [1.82, 2.24) is 4.90 Å². The lowest BCUT2D eigenvalue weighted by atomic mass is 10.1. The maximum atomic E-state index is 3.54. The largest absolute Gasteiger partial charge is 0.332 e. The smallest absolute Gasteiger partial charge is 0.0260 e. The van der Waals surface area contributed by atoms with Gasteiger partial charge in [-0.2, -0.15) is 0 Å². The molecular weight excluding hydrogens is 122 g/mol. The van der Waals surface area contributed by atoms with E-state index in [2.05, 4.69) is 23.4 Å². The molecule has 0 unspecified atom stereocenters. The van der Waals surface area contributed by atoms with Crippen LogP contribution in [0.25, 0.3) is 0 Å². The summed E-state index contributed by atoms with van der Waals surface area (Å²) in [6.07, 6.45) is 5.61. The van der Waals surface area contributed by atoms with Crippen LogP contribution in [0.1, 0.15) is 19.3 Å². The SMILES string of the molecule is C=CC#CN1CCCCC1. The summed E-state index contributed by atoms with van der Waals surface area (Å²) in [7, 11) is 0. The zero-order valence-corrected chi connectivity index (χ0v) is 6.27. The summed E-state index contributed by atoms with van der Waals surface area (Å²) in [6.45, 7) is 5.82. The summed E-state index contributed by atoms with van der Waals surface area (Å²) < 4.78 is 0. The van der Waals surface area contributed by atoms with E-state index in [4.69, 9.17) is 0 Å². The van der Waals surface area contributed by atoms with E-state index < -0.39 is 0 Å². The zero-order valence-electron chi connectivity index (χ0n) is 6.27. The van der Waals surface area contributed by atoms with Crippen LogP contribution >= 0.6 is 0 Å². The molecule has 0 aliphatic carbocycles. The monoisotopic (exact) mass is 135 g/mol. The van der Waals surface area contributed by atoms with Gasteiger partial charge >= 0.3 is 0 Å². The topological polar surface area (TPSA) is 3.24 Å². The lowest BCUT2D eigenvalue weighted by Crippen LogP contribution is -2.24. The van der Waals surface area contributed by atoms with Crippen LogP contribution in [-0.2, 0) is 0 Å². The lowest BCUT2D eigenvalue weighted by molar-refractivity contribution is 0.326. The highest BCUT2D eigenvalue weighted by atomic mass is 15.1. The van der Waals surface area contributed by atoms with Crippen LogP contribution in [0.4, 0.5) is 0 Å². The maximum Gasteiger partial charge on any atom is 0.0260 e. The molecule has 1 saturated heterocycles. The molecule has 1 fully saturated rings. The normalized spacial score (nSPS) is 17.4. The first-order valence-corrected chi connectivity index (χ1v) is 3.80. The van der Waals surface area contributed by atoms with Crippen molar-refractivity contribution in [3.63, 3.8) is 0 Å². The second-order valence-corrected chi connectivity index (χ2v) is 2.51. The van der Waals surface area contributed by atoms with E-state index in [0.717, 1.165) is 13.1 Å². The van der Waals surface area contributed by atoms with Crippen LogP contribution in [0, 0.1) is 12.0 Å². The third-order valence-corrected chi connectivity index (χ3v) is 1.68. The van der Waals surface area contributed by atoms with Crippen molar-refractivity contribution in [2.45, 2.75) is 19.3 Å². The molecular formula is C9H13N. The minimum absolute atomic E-state index is 1.14. The van der Waals surface area contributed by atoms with Gasteiger partial charge in [0.15, 0.2) is 0 Å². The van der Waals surface area contributed by atoms with Gasteiger partial charge in [-0.3, -0.25) is 0 Å². The highest BCUT2D eigenvalue weighted by Gasteiger charge is 2.04. The molecule has 1 heteroatoms. The van der Waals surface area contributed by atoms with Crippen molar-refractivity contribution in [3.8, 4) is 12.0 Å². The predicted molar refractivity (Wildman–Crippen MR) is 43.4 cm³/mol. The second kappa shape index (κ2) is 4.00. The third kappa shape index (κ3) is 2.14. The summed E-state index contributed by atoms with van der Waals surface area (Å²) in [6, 6.07) is 3.04. The van der Waals surface area contributed by atoms with E-state index in [1.54, 1.807) is 6.08 Å². The van der Waals surface area contributed by atoms with E-state index in [1.165, 1.54) is 19.3 Å². The van der Waals surface area contributed by atoms with Crippen LogP contribution in [0.5, 0.6) is 0 Å². The number of rotatable bonds is 0. The molecule has 0 N–H and O–H groups in total. The molecule has 0 aromatic heterocycles. The van der Waals surface area contributed by atoms with Crippen LogP contribution in [0.15, 0.2) is 12.7 Å². The Kier molecular flexibility index (Phi) is 2.89. The average Bonchev–Trinajstić information content (AvgIpc) is 2.03. The van der Waals surface area contributed by atoms with E-state index in [0.29, 0.717) is 0 Å². The third-order valence-electron chi connectivity index (χ3n) is 1.68. The summed E-state index contributed by atoms with van der Waals surface area (Å²) in [5.74, 6) is 2.86. The molecule has 1 nitrogen and oxygen atoms in total. The first kappa shape index (κ1) is 7.21. The van der Waals surface area contributed by atoms with Gasteiger partial charge in [-0.1, -0.05) is 12.5 Å². The van der Waals surface area contributed by atoms with Crippen LogP contribution < -0.4 is 0 Å². The molecule has 0 atom stereocenters. The Labute approximate surface area is 62.7 Å². The Balaban J connectivity index is 2.32.